The fourth-order valence-corrected chi connectivity index (χ4v) is 4.90. The van der Waals surface area contributed by atoms with Crippen molar-refractivity contribution in [1.29, 1.82) is 0 Å². The summed E-state index contributed by atoms with van der Waals surface area (Å²) < 4.78 is 5.40. The van der Waals surface area contributed by atoms with Gasteiger partial charge in [-0.1, -0.05) is 72.3 Å². The first-order valence-corrected chi connectivity index (χ1v) is 12.6. The van der Waals surface area contributed by atoms with Gasteiger partial charge in [0.05, 0.1) is 17.3 Å². The van der Waals surface area contributed by atoms with E-state index in [2.05, 4.69) is 17.4 Å². The van der Waals surface area contributed by atoms with Crippen LogP contribution in [0, 0.1) is 0 Å². The normalized spacial score (nSPS) is 10.7. The van der Waals surface area contributed by atoms with Crippen LogP contribution >= 0.6 is 22.9 Å². The van der Waals surface area contributed by atoms with Gasteiger partial charge in [0.2, 0.25) is 5.91 Å². The van der Waals surface area contributed by atoms with E-state index in [0.29, 0.717) is 28.1 Å². The third kappa shape index (κ3) is 6.56. The molecule has 3 aromatic carbocycles. The van der Waals surface area contributed by atoms with E-state index in [-0.39, 0.29) is 24.5 Å². The molecule has 0 aliphatic heterocycles. The fourth-order valence-electron chi connectivity index (χ4n) is 3.63. The van der Waals surface area contributed by atoms with Crippen molar-refractivity contribution in [2.45, 2.75) is 26.2 Å². The minimum atomic E-state index is -0.255. The standard InChI is InChI=1S/C28H25ClN2O3S/c1-2-34-24-15-13-21(18-22(24)29)23(32)14-16-26(33)30-28-31-27(20-11-7-4-8-12-20)25(35-28)17-19-9-5-3-6-10-19/h3-13,15,18H,2,14,16-17H2,1H3,(H,30,31,33). The topological polar surface area (TPSA) is 68.3 Å². The molecule has 178 valence electrons. The summed E-state index contributed by atoms with van der Waals surface area (Å²) in [6.07, 6.45) is 0.845. The van der Waals surface area contributed by atoms with Gasteiger partial charge in [0.1, 0.15) is 5.75 Å². The SMILES string of the molecule is CCOc1ccc(C(=O)CCC(=O)Nc2nc(-c3ccccc3)c(Cc3ccccc3)s2)cc1Cl. The first-order valence-electron chi connectivity index (χ1n) is 11.4. The first kappa shape index (κ1) is 24.6. The predicted octanol–water partition coefficient (Wildman–Crippen LogP) is 7.05. The van der Waals surface area contributed by atoms with Crippen molar-refractivity contribution in [2.24, 2.45) is 0 Å². The number of hydrogen-bond donors (Lipinski definition) is 1. The van der Waals surface area contributed by atoms with E-state index < -0.39 is 0 Å². The second-order valence-corrected chi connectivity index (χ2v) is 9.36. The summed E-state index contributed by atoms with van der Waals surface area (Å²) >= 11 is 7.64. The van der Waals surface area contributed by atoms with E-state index in [1.54, 1.807) is 18.2 Å². The van der Waals surface area contributed by atoms with Crippen LogP contribution < -0.4 is 10.1 Å². The second-order valence-electron chi connectivity index (χ2n) is 7.87. The number of Topliss-reactive ketones (excluding diaryl/α,β-unsaturated/α-hetero) is 1. The number of aromatic nitrogens is 1. The number of thiazole rings is 1. The van der Waals surface area contributed by atoms with Gasteiger partial charge < -0.3 is 10.1 Å². The third-order valence-electron chi connectivity index (χ3n) is 5.33. The van der Waals surface area contributed by atoms with E-state index in [1.165, 1.54) is 16.9 Å². The molecule has 0 aliphatic rings. The Morgan fingerprint density at radius 1 is 0.971 bits per heavy atom. The lowest BCUT2D eigenvalue weighted by molar-refractivity contribution is -0.116. The number of anilines is 1. The van der Waals surface area contributed by atoms with E-state index >= 15 is 0 Å². The number of amides is 1. The van der Waals surface area contributed by atoms with Crippen molar-refractivity contribution in [1.82, 2.24) is 4.98 Å². The Balaban J connectivity index is 1.43. The molecule has 35 heavy (non-hydrogen) atoms. The zero-order chi connectivity index (χ0) is 24.6. The van der Waals surface area contributed by atoms with Gasteiger partial charge in [-0.05, 0) is 30.7 Å². The smallest absolute Gasteiger partial charge is 0.226 e. The summed E-state index contributed by atoms with van der Waals surface area (Å²) in [5, 5.41) is 3.78. The molecule has 0 bridgehead atoms. The molecule has 0 atom stereocenters. The molecule has 0 spiro atoms. The Hall–Kier alpha value is -3.48. The van der Waals surface area contributed by atoms with Crippen LogP contribution in [0.25, 0.3) is 11.3 Å². The second kappa shape index (κ2) is 11.8. The summed E-state index contributed by atoms with van der Waals surface area (Å²) in [7, 11) is 0. The molecule has 0 saturated heterocycles. The van der Waals surface area contributed by atoms with E-state index in [1.807, 2.05) is 55.5 Å². The molecular weight excluding hydrogens is 480 g/mol. The van der Waals surface area contributed by atoms with E-state index in [0.717, 1.165) is 22.6 Å². The van der Waals surface area contributed by atoms with Crippen LogP contribution in [0.4, 0.5) is 5.13 Å². The molecule has 0 aliphatic carbocycles. The van der Waals surface area contributed by atoms with Crippen LogP contribution in [-0.2, 0) is 11.2 Å². The molecule has 1 amide bonds. The van der Waals surface area contributed by atoms with Gasteiger partial charge in [0, 0.05) is 35.3 Å². The lowest BCUT2D eigenvalue weighted by Crippen LogP contribution is -2.13. The summed E-state index contributed by atoms with van der Waals surface area (Å²) in [5.41, 5.74) is 3.48. The Bertz CT molecular complexity index is 1310. The molecule has 4 aromatic rings. The molecule has 5 nitrogen and oxygen atoms in total. The Morgan fingerprint density at radius 2 is 1.69 bits per heavy atom. The number of hydrogen-bond acceptors (Lipinski definition) is 5. The monoisotopic (exact) mass is 504 g/mol. The van der Waals surface area contributed by atoms with Crippen LogP contribution in [0.15, 0.2) is 78.9 Å². The summed E-state index contributed by atoms with van der Waals surface area (Å²) in [6.45, 7) is 2.35. The summed E-state index contributed by atoms with van der Waals surface area (Å²) in [5.74, 6) is 0.127. The van der Waals surface area contributed by atoms with Crippen molar-refractivity contribution in [3.8, 4) is 17.0 Å². The van der Waals surface area contributed by atoms with Crippen LogP contribution in [-0.4, -0.2) is 23.3 Å². The van der Waals surface area contributed by atoms with E-state index in [4.69, 9.17) is 21.3 Å². The highest BCUT2D eigenvalue weighted by Crippen LogP contribution is 2.33. The Labute approximate surface area is 213 Å². The number of nitrogens with one attached hydrogen (secondary N) is 1. The minimum absolute atomic E-state index is 0.0535. The zero-order valence-electron chi connectivity index (χ0n) is 19.3. The van der Waals surface area contributed by atoms with Crippen molar-refractivity contribution >= 4 is 39.8 Å². The maximum atomic E-state index is 12.6. The van der Waals surface area contributed by atoms with Crippen molar-refractivity contribution in [3.05, 3.63) is 99.9 Å². The molecule has 1 N–H and O–H groups in total. The average Bonchev–Trinajstić information content (AvgIpc) is 3.26. The molecule has 1 heterocycles. The molecule has 7 heteroatoms. The van der Waals surface area contributed by atoms with Gasteiger partial charge in [-0.3, -0.25) is 9.59 Å². The Kier molecular flexibility index (Phi) is 8.29. The van der Waals surface area contributed by atoms with Gasteiger partial charge in [-0.15, -0.1) is 11.3 Å². The Morgan fingerprint density at radius 3 is 2.37 bits per heavy atom. The van der Waals surface area contributed by atoms with Crippen LogP contribution in [0.5, 0.6) is 5.75 Å². The number of benzene rings is 3. The van der Waals surface area contributed by atoms with Gasteiger partial charge in [0.15, 0.2) is 10.9 Å². The number of ketones is 1. The van der Waals surface area contributed by atoms with Crippen LogP contribution in [0.3, 0.4) is 0 Å². The number of nitrogens with zero attached hydrogens (tertiary/aromatic N) is 1. The number of carbonyl (C=O) groups excluding carboxylic acids is 2. The maximum Gasteiger partial charge on any atom is 0.226 e. The van der Waals surface area contributed by atoms with Crippen LogP contribution in [0.1, 0.15) is 40.6 Å². The van der Waals surface area contributed by atoms with Crippen molar-refractivity contribution in [2.75, 3.05) is 11.9 Å². The molecule has 0 radical (unpaired) electrons. The van der Waals surface area contributed by atoms with E-state index in [9.17, 15) is 9.59 Å². The number of halogens is 1. The largest absolute Gasteiger partial charge is 0.492 e. The lowest BCUT2D eigenvalue weighted by atomic mass is 10.1. The molecule has 0 unspecified atom stereocenters. The minimum Gasteiger partial charge on any atom is -0.492 e. The number of carbonyl (C=O) groups is 2. The predicted molar refractivity (Wildman–Crippen MR) is 142 cm³/mol. The fraction of sp³-hybridized carbons (Fsp3) is 0.179. The highest BCUT2D eigenvalue weighted by atomic mass is 35.5. The molecule has 1 aromatic heterocycles. The molecular formula is C28H25ClN2O3S. The maximum absolute atomic E-state index is 12.6. The van der Waals surface area contributed by atoms with Gasteiger partial charge in [-0.25, -0.2) is 4.98 Å². The average molecular weight is 505 g/mol. The van der Waals surface area contributed by atoms with Gasteiger partial charge in [0.25, 0.3) is 0 Å². The molecule has 4 rings (SSSR count). The molecule has 0 fully saturated rings. The highest BCUT2D eigenvalue weighted by Gasteiger charge is 2.17. The van der Waals surface area contributed by atoms with Gasteiger partial charge in [-0.2, -0.15) is 0 Å². The van der Waals surface area contributed by atoms with Crippen LogP contribution in [0.2, 0.25) is 5.02 Å². The first-order chi connectivity index (χ1) is 17.0. The third-order valence-corrected chi connectivity index (χ3v) is 6.60. The van der Waals surface area contributed by atoms with Crippen molar-refractivity contribution < 1.29 is 14.3 Å². The lowest BCUT2D eigenvalue weighted by Gasteiger charge is -2.07. The molecule has 0 saturated carbocycles. The summed E-state index contributed by atoms with van der Waals surface area (Å²) in [6, 6.07) is 25.0. The van der Waals surface area contributed by atoms with Crippen molar-refractivity contribution in [3.63, 3.8) is 0 Å². The zero-order valence-corrected chi connectivity index (χ0v) is 20.9. The number of ether oxygens (including phenoxy) is 1. The number of rotatable bonds is 10. The quantitative estimate of drug-likeness (QED) is 0.235. The highest BCUT2D eigenvalue weighted by molar-refractivity contribution is 7.16. The van der Waals surface area contributed by atoms with Gasteiger partial charge >= 0.3 is 0 Å². The summed E-state index contributed by atoms with van der Waals surface area (Å²) in [4.78, 5) is 31.0.